The van der Waals surface area contributed by atoms with Crippen molar-refractivity contribution < 1.29 is 13.2 Å². The molecule has 7 heteroatoms. The van der Waals surface area contributed by atoms with Crippen molar-refractivity contribution in [2.75, 3.05) is 25.1 Å². The molecule has 0 bridgehead atoms. The van der Waals surface area contributed by atoms with Crippen molar-refractivity contribution in [3.8, 4) is 0 Å². The quantitative estimate of drug-likeness (QED) is 0.666. The van der Waals surface area contributed by atoms with E-state index in [0.717, 1.165) is 16.5 Å². The fourth-order valence-corrected chi connectivity index (χ4v) is 5.41. The Balaban J connectivity index is 2.05. The molecule has 0 spiro atoms. The van der Waals surface area contributed by atoms with Crippen molar-refractivity contribution in [3.05, 3.63) is 34.3 Å². The highest BCUT2D eigenvalue weighted by Crippen LogP contribution is 2.22. The third-order valence-corrected chi connectivity index (χ3v) is 7.28. The van der Waals surface area contributed by atoms with E-state index in [-0.39, 0.29) is 36.0 Å². The monoisotopic (exact) mass is 430 g/mol. The lowest BCUT2D eigenvalue weighted by atomic mass is 10.1. The number of nitrogens with zero attached hydrogens (tertiary/aromatic N) is 2. The summed E-state index contributed by atoms with van der Waals surface area (Å²) in [5, 5.41) is 0. The number of carbonyl (C=O) groups excluding carboxylic acids is 1. The van der Waals surface area contributed by atoms with Gasteiger partial charge < -0.3 is 4.90 Å². The second kappa shape index (κ2) is 8.64. The van der Waals surface area contributed by atoms with Gasteiger partial charge in [0.2, 0.25) is 5.91 Å². The van der Waals surface area contributed by atoms with Gasteiger partial charge in [-0.15, -0.1) is 0 Å². The van der Waals surface area contributed by atoms with Gasteiger partial charge in [-0.3, -0.25) is 9.69 Å². The van der Waals surface area contributed by atoms with Gasteiger partial charge in [0.15, 0.2) is 9.84 Å². The van der Waals surface area contributed by atoms with E-state index in [0.29, 0.717) is 13.0 Å². The van der Waals surface area contributed by atoms with Crippen molar-refractivity contribution in [1.29, 1.82) is 0 Å². The lowest BCUT2D eigenvalue weighted by molar-refractivity contribution is -0.136. The van der Waals surface area contributed by atoms with E-state index < -0.39 is 9.84 Å². The Morgan fingerprint density at radius 3 is 2.60 bits per heavy atom. The summed E-state index contributed by atoms with van der Waals surface area (Å²) in [6.07, 6.45) is 1.36. The first-order valence-electron chi connectivity index (χ1n) is 8.67. The normalized spacial score (nSPS) is 20.6. The maximum atomic E-state index is 12.9. The van der Waals surface area contributed by atoms with E-state index in [9.17, 15) is 13.2 Å². The summed E-state index contributed by atoms with van der Waals surface area (Å²) < 4.78 is 24.7. The van der Waals surface area contributed by atoms with E-state index in [1.807, 2.05) is 50.1 Å². The minimum Gasteiger partial charge on any atom is -0.335 e. The molecule has 1 heterocycles. The Morgan fingerprint density at radius 1 is 1.36 bits per heavy atom. The van der Waals surface area contributed by atoms with Gasteiger partial charge in [0.25, 0.3) is 0 Å². The standard InChI is InChI=1S/C18H27BrN2O3S/c1-4-14(2)21(16-9-10-25(23,24)13-16)18(22)12-20(3)11-15-7-5-6-8-17(15)19/h5-8,14,16H,4,9-13H2,1-3H3/t14-,16-/m1/s1. The number of benzene rings is 1. The summed E-state index contributed by atoms with van der Waals surface area (Å²) in [6, 6.07) is 7.81. The maximum Gasteiger partial charge on any atom is 0.237 e. The number of halogens is 1. The van der Waals surface area contributed by atoms with Gasteiger partial charge in [-0.1, -0.05) is 41.1 Å². The molecule has 0 saturated carbocycles. The van der Waals surface area contributed by atoms with Crippen molar-refractivity contribution in [2.24, 2.45) is 0 Å². The summed E-state index contributed by atoms with van der Waals surface area (Å²) in [5.74, 6) is 0.285. The van der Waals surface area contributed by atoms with Gasteiger partial charge in [0.05, 0.1) is 18.1 Å². The molecule has 5 nitrogen and oxygen atoms in total. The van der Waals surface area contributed by atoms with Gasteiger partial charge in [-0.2, -0.15) is 0 Å². The SMILES string of the molecule is CC[C@@H](C)N(C(=O)CN(C)Cc1ccccc1Br)[C@@H]1CCS(=O)(=O)C1. The van der Waals surface area contributed by atoms with E-state index in [1.54, 1.807) is 4.90 Å². The Morgan fingerprint density at radius 2 is 2.04 bits per heavy atom. The molecule has 1 amide bonds. The first-order valence-corrected chi connectivity index (χ1v) is 11.3. The number of hydrogen-bond donors (Lipinski definition) is 0. The van der Waals surface area contributed by atoms with Crippen molar-refractivity contribution in [2.45, 2.75) is 45.3 Å². The first kappa shape index (κ1) is 20.4. The molecular formula is C18H27BrN2O3S. The van der Waals surface area contributed by atoms with Crippen LogP contribution in [0.2, 0.25) is 0 Å². The molecule has 2 atom stereocenters. The van der Waals surface area contributed by atoms with E-state index in [2.05, 4.69) is 15.9 Å². The lowest BCUT2D eigenvalue weighted by Gasteiger charge is -2.35. The van der Waals surface area contributed by atoms with Crippen molar-refractivity contribution >= 4 is 31.7 Å². The average Bonchev–Trinajstić information content (AvgIpc) is 2.89. The summed E-state index contributed by atoms with van der Waals surface area (Å²) in [5.41, 5.74) is 1.12. The average molecular weight is 431 g/mol. The number of rotatable bonds is 7. The van der Waals surface area contributed by atoms with Crippen LogP contribution in [0.25, 0.3) is 0 Å². The highest BCUT2D eigenvalue weighted by molar-refractivity contribution is 9.10. The fraction of sp³-hybridized carbons (Fsp3) is 0.611. The Hall–Kier alpha value is -0.920. The predicted molar refractivity (Wildman–Crippen MR) is 104 cm³/mol. The van der Waals surface area contributed by atoms with Crippen LogP contribution in [0.1, 0.15) is 32.3 Å². The molecule has 140 valence electrons. The molecule has 1 aromatic carbocycles. The van der Waals surface area contributed by atoms with Crippen LogP contribution in [0.15, 0.2) is 28.7 Å². The Labute approximate surface area is 159 Å². The fourth-order valence-electron chi connectivity index (χ4n) is 3.29. The lowest BCUT2D eigenvalue weighted by Crippen LogP contribution is -2.49. The summed E-state index contributed by atoms with van der Waals surface area (Å²) in [6.45, 7) is 4.96. The zero-order chi connectivity index (χ0) is 18.6. The molecule has 0 radical (unpaired) electrons. The molecule has 0 aliphatic carbocycles. The molecule has 1 aliphatic heterocycles. The zero-order valence-corrected chi connectivity index (χ0v) is 17.5. The van der Waals surface area contributed by atoms with E-state index in [4.69, 9.17) is 0 Å². The number of carbonyl (C=O) groups is 1. The molecule has 0 unspecified atom stereocenters. The van der Waals surface area contributed by atoms with Crippen LogP contribution in [0.5, 0.6) is 0 Å². The van der Waals surface area contributed by atoms with Crippen LogP contribution in [0.3, 0.4) is 0 Å². The van der Waals surface area contributed by atoms with Crippen molar-refractivity contribution in [1.82, 2.24) is 9.80 Å². The predicted octanol–water partition coefficient (Wildman–Crippen LogP) is 2.70. The second-order valence-electron chi connectivity index (χ2n) is 6.88. The Kier molecular flexibility index (Phi) is 7.05. The number of likely N-dealkylation sites (N-methyl/N-ethyl adjacent to an activating group) is 1. The topological polar surface area (TPSA) is 57.7 Å². The highest BCUT2D eigenvalue weighted by atomic mass is 79.9. The molecule has 1 fully saturated rings. The molecule has 1 aromatic rings. The maximum absolute atomic E-state index is 12.9. The second-order valence-corrected chi connectivity index (χ2v) is 9.96. The zero-order valence-electron chi connectivity index (χ0n) is 15.1. The minimum absolute atomic E-state index is 0.00556. The minimum atomic E-state index is -3.01. The van der Waals surface area contributed by atoms with Gasteiger partial charge >= 0.3 is 0 Å². The molecule has 0 N–H and O–H groups in total. The van der Waals surface area contributed by atoms with Crippen molar-refractivity contribution in [3.63, 3.8) is 0 Å². The molecule has 1 saturated heterocycles. The van der Waals surface area contributed by atoms with Gasteiger partial charge in [-0.25, -0.2) is 8.42 Å². The van der Waals surface area contributed by atoms with Crippen LogP contribution >= 0.6 is 15.9 Å². The molecule has 2 rings (SSSR count). The molecule has 25 heavy (non-hydrogen) atoms. The molecular weight excluding hydrogens is 404 g/mol. The third-order valence-electron chi connectivity index (χ3n) is 4.76. The van der Waals surface area contributed by atoms with E-state index in [1.165, 1.54) is 0 Å². The number of hydrogen-bond acceptors (Lipinski definition) is 4. The number of sulfone groups is 1. The number of amides is 1. The Bertz CT molecular complexity index is 708. The van der Waals surface area contributed by atoms with Crippen LogP contribution in [0.4, 0.5) is 0 Å². The summed E-state index contributed by atoms with van der Waals surface area (Å²) >= 11 is 3.53. The first-order chi connectivity index (χ1) is 11.7. The van der Waals surface area contributed by atoms with Crippen LogP contribution < -0.4 is 0 Å². The van der Waals surface area contributed by atoms with Crippen LogP contribution in [-0.4, -0.2) is 61.3 Å². The van der Waals surface area contributed by atoms with Gasteiger partial charge in [-0.05, 0) is 38.4 Å². The summed E-state index contributed by atoms with van der Waals surface area (Å²) in [7, 11) is -1.10. The van der Waals surface area contributed by atoms with Gasteiger partial charge in [0, 0.05) is 23.1 Å². The van der Waals surface area contributed by atoms with E-state index >= 15 is 0 Å². The highest BCUT2D eigenvalue weighted by Gasteiger charge is 2.36. The van der Waals surface area contributed by atoms with Crippen LogP contribution in [-0.2, 0) is 21.2 Å². The largest absolute Gasteiger partial charge is 0.335 e. The van der Waals surface area contributed by atoms with Gasteiger partial charge in [0.1, 0.15) is 0 Å². The molecule has 0 aromatic heterocycles. The summed E-state index contributed by atoms with van der Waals surface area (Å²) in [4.78, 5) is 16.7. The molecule has 1 aliphatic rings. The third kappa shape index (κ3) is 5.53. The van der Waals surface area contributed by atoms with Crippen LogP contribution in [0, 0.1) is 0 Å². The smallest absolute Gasteiger partial charge is 0.237 e.